The van der Waals surface area contributed by atoms with E-state index in [2.05, 4.69) is 20.1 Å². The summed E-state index contributed by atoms with van der Waals surface area (Å²) in [6.45, 7) is 6.30. The molecule has 7 rings (SSSR count). The number of hydrogen-bond donors (Lipinski definition) is 2. The van der Waals surface area contributed by atoms with E-state index in [1.807, 2.05) is 42.5 Å². The summed E-state index contributed by atoms with van der Waals surface area (Å²) in [6.07, 6.45) is 10.6. The molecule has 0 bridgehead atoms. The van der Waals surface area contributed by atoms with Gasteiger partial charge in [0, 0.05) is 58.6 Å². The maximum atomic E-state index is 13.2. The van der Waals surface area contributed by atoms with Gasteiger partial charge in [0.2, 0.25) is 0 Å². The maximum Gasteiger partial charge on any atom is 0.267 e. The largest absolute Gasteiger partial charge is 0.488 e. The molecule has 3 saturated heterocycles. The number of amides is 1. The van der Waals surface area contributed by atoms with Gasteiger partial charge in [-0.15, -0.1) is 24.8 Å². The summed E-state index contributed by atoms with van der Waals surface area (Å²) in [6, 6.07) is 14.4. The van der Waals surface area contributed by atoms with Crippen molar-refractivity contribution in [2.45, 2.75) is 63.6 Å². The molecule has 3 aliphatic heterocycles. The molecule has 43 heavy (non-hydrogen) atoms. The minimum absolute atomic E-state index is 0. The van der Waals surface area contributed by atoms with Crippen LogP contribution >= 0.6 is 36.4 Å². The summed E-state index contributed by atoms with van der Waals surface area (Å²) < 4.78 is 11.8. The topological polar surface area (TPSA) is 73.7 Å². The van der Waals surface area contributed by atoms with Crippen LogP contribution in [0.1, 0.15) is 61.0 Å². The fraction of sp³-hybridized carbons (Fsp3) is 0.485. The third-order valence-corrected chi connectivity index (χ3v) is 9.75. The van der Waals surface area contributed by atoms with E-state index in [0.717, 1.165) is 71.1 Å². The molecule has 7 nitrogen and oxygen atoms in total. The molecule has 0 spiro atoms. The van der Waals surface area contributed by atoms with E-state index < -0.39 is 0 Å². The minimum atomic E-state index is -0.0477. The van der Waals surface area contributed by atoms with Crippen LogP contribution in [0.2, 0.25) is 5.02 Å². The van der Waals surface area contributed by atoms with E-state index in [-0.39, 0.29) is 36.8 Å². The highest BCUT2D eigenvalue weighted by atomic mass is 35.5. The number of carbonyl (C=O) groups excluding carboxylic acids is 1. The quantitative estimate of drug-likeness (QED) is 0.218. The standard InChI is InChI=1S/C33H39ClN4O3.2ClH/c34-24-9-10-26-23(21-41-32(26)17-24)20-40-31-8-3-6-28-27(31)18-29(36-28)33(39)35-25-11-15-37(16-12-25)19-22-5-4-14-38-13-2-1-7-30(22)38;;/h3,6,8-10,17-18,21-22,25,30,36H,1-2,4-5,7,11-16,19-20H2,(H,35,39);2*1H/t22-,30+;;/m0../s1. The summed E-state index contributed by atoms with van der Waals surface area (Å²) in [5.74, 6) is 1.49. The molecule has 232 valence electrons. The van der Waals surface area contributed by atoms with Crippen molar-refractivity contribution >= 4 is 64.2 Å². The highest BCUT2D eigenvalue weighted by Gasteiger charge is 2.34. The van der Waals surface area contributed by atoms with Crippen LogP contribution in [0.3, 0.4) is 0 Å². The van der Waals surface area contributed by atoms with Crippen LogP contribution in [0.25, 0.3) is 21.9 Å². The molecule has 3 fully saturated rings. The first-order valence-corrected chi connectivity index (χ1v) is 15.7. The molecular weight excluding hydrogens is 607 g/mol. The highest BCUT2D eigenvalue weighted by Crippen LogP contribution is 2.33. The number of aromatic nitrogens is 1. The van der Waals surface area contributed by atoms with Crippen LogP contribution in [0.15, 0.2) is 53.1 Å². The predicted octanol–water partition coefficient (Wildman–Crippen LogP) is 7.45. The summed E-state index contributed by atoms with van der Waals surface area (Å²) in [7, 11) is 0. The SMILES string of the molecule is Cl.Cl.O=C(NC1CCN(C[C@@H]2CCCN3CCCC[C@H]23)CC1)c1cc2c(OCc3coc4cc(Cl)ccc34)cccc2[nH]1. The number of carbonyl (C=O) groups is 1. The lowest BCUT2D eigenvalue weighted by atomic mass is 9.83. The van der Waals surface area contributed by atoms with Crippen LogP contribution in [0, 0.1) is 5.92 Å². The van der Waals surface area contributed by atoms with Gasteiger partial charge in [0.15, 0.2) is 0 Å². The summed E-state index contributed by atoms with van der Waals surface area (Å²) in [5, 5.41) is 5.82. The summed E-state index contributed by atoms with van der Waals surface area (Å²) in [5.41, 5.74) is 3.15. The van der Waals surface area contributed by atoms with Gasteiger partial charge in [-0.05, 0) is 93.9 Å². The second-order valence-electron chi connectivity index (χ2n) is 12.1. The number of fused-ring (bicyclic) bond motifs is 3. The monoisotopic (exact) mass is 646 g/mol. The number of halogens is 3. The second kappa shape index (κ2) is 14.1. The van der Waals surface area contributed by atoms with Crippen molar-refractivity contribution < 1.29 is 13.9 Å². The van der Waals surface area contributed by atoms with Gasteiger partial charge >= 0.3 is 0 Å². The van der Waals surface area contributed by atoms with Gasteiger partial charge in [-0.1, -0.05) is 24.1 Å². The first kappa shape index (κ1) is 32.0. The Labute approximate surface area is 270 Å². The average Bonchev–Trinajstić information content (AvgIpc) is 3.62. The molecule has 2 N–H and O–H groups in total. The highest BCUT2D eigenvalue weighted by molar-refractivity contribution is 6.31. The lowest BCUT2D eigenvalue weighted by Crippen LogP contribution is -2.52. The van der Waals surface area contributed by atoms with Gasteiger partial charge in [-0.2, -0.15) is 0 Å². The number of ether oxygens (including phenoxy) is 1. The molecule has 2 atom stereocenters. The molecule has 10 heteroatoms. The Balaban J connectivity index is 0.00000184. The number of nitrogens with one attached hydrogen (secondary N) is 2. The zero-order valence-electron chi connectivity index (χ0n) is 24.4. The lowest BCUT2D eigenvalue weighted by Gasteiger charge is -2.46. The molecule has 2 aromatic carbocycles. The molecule has 1 amide bonds. The van der Waals surface area contributed by atoms with Gasteiger partial charge in [-0.25, -0.2) is 0 Å². The Kier molecular flexibility index (Phi) is 10.5. The average molecular weight is 648 g/mol. The van der Waals surface area contributed by atoms with Crippen LogP contribution in [-0.2, 0) is 6.61 Å². The van der Waals surface area contributed by atoms with Crippen LogP contribution < -0.4 is 10.1 Å². The number of aromatic amines is 1. The van der Waals surface area contributed by atoms with E-state index in [9.17, 15) is 4.79 Å². The first-order valence-electron chi connectivity index (χ1n) is 15.3. The Bertz CT molecular complexity index is 1530. The Hall–Kier alpha value is -2.42. The number of likely N-dealkylation sites (tertiary alicyclic amines) is 1. The van der Waals surface area contributed by atoms with Gasteiger partial charge < -0.3 is 29.3 Å². The number of nitrogens with zero attached hydrogens (tertiary/aromatic N) is 2. The zero-order chi connectivity index (χ0) is 27.8. The predicted molar refractivity (Wildman–Crippen MR) is 177 cm³/mol. The van der Waals surface area contributed by atoms with Crippen molar-refractivity contribution in [3.8, 4) is 5.75 Å². The van der Waals surface area contributed by atoms with Crippen molar-refractivity contribution in [1.29, 1.82) is 0 Å². The fourth-order valence-corrected chi connectivity index (χ4v) is 7.51. The molecule has 2 aromatic heterocycles. The Morgan fingerprint density at radius 2 is 1.81 bits per heavy atom. The summed E-state index contributed by atoms with van der Waals surface area (Å²) >= 11 is 6.09. The fourth-order valence-electron chi connectivity index (χ4n) is 7.34. The van der Waals surface area contributed by atoms with Gasteiger partial charge in [0.05, 0.1) is 6.26 Å². The zero-order valence-corrected chi connectivity index (χ0v) is 26.7. The molecule has 3 aliphatic rings. The second-order valence-corrected chi connectivity index (χ2v) is 12.6. The van der Waals surface area contributed by atoms with Gasteiger partial charge in [-0.3, -0.25) is 4.79 Å². The van der Waals surface area contributed by atoms with Crippen molar-refractivity contribution in [3.63, 3.8) is 0 Å². The van der Waals surface area contributed by atoms with E-state index in [0.29, 0.717) is 17.3 Å². The molecule has 0 saturated carbocycles. The molecule has 0 unspecified atom stereocenters. The van der Waals surface area contributed by atoms with Crippen molar-refractivity contribution in [2.24, 2.45) is 5.92 Å². The van der Waals surface area contributed by atoms with Crippen LogP contribution in [0.5, 0.6) is 5.75 Å². The van der Waals surface area contributed by atoms with Gasteiger partial charge in [0.1, 0.15) is 23.6 Å². The van der Waals surface area contributed by atoms with E-state index in [1.54, 1.807) is 6.26 Å². The first-order chi connectivity index (χ1) is 20.1. The van der Waals surface area contributed by atoms with E-state index in [1.165, 1.54) is 51.7 Å². The van der Waals surface area contributed by atoms with E-state index in [4.69, 9.17) is 20.8 Å². The third kappa shape index (κ3) is 6.97. The molecule has 5 heterocycles. The number of benzene rings is 2. The summed E-state index contributed by atoms with van der Waals surface area (Å²) in [4.78, 5) is 22.0. The maximum absolute atomic E-state index is 13.2. The number of H-pyrrole nitrogens is 1. The molecule has 0 radical (unpaired) electrons. The van der Waals surface area contributed by atoms with Crippen LogP contribution in [0.4, 0.5) is 0 Å². The van der Waals surface area contributed by atoms with Crippen molar-refractivity contribution in [3.05, 3.63) is 65.0 Å². The van der Waals surface area contributed by atoms with Crippen molar-refractivity contribution in [1.82, 2.24) is 20.1 Å². The number of piperidine rings is 3. The third-order valence-electron chi connectivity index (χ3n) is 9.51. The molecule has 4 aromatic rings. The Morgan fingerprint density at radius 3 is 2.67 bits per heavy atom. The molecular formula is C33H41Cl3N4O3. The van der Waals surface area contributed by atoms with Crippen LogP contribution in [-0.4, -0.2) is 65.5 Å². The molecule has 0 aliphatic carbocycles. The smallest absolute Gasteiger partial charge is 0.267 e. The Morgan fingerprint density at radius 1 is 0.977 bits per heavy atom. The number of furan rings is 1. The minimum Gasteiger partial charge on any atom is -0.488 e. The van der Waals surface area contributed by atoms with Crippen molar-refractivity contribution in [2.75, 3.05) is 32.7 Å². The number of hydrogen-bond acceptors (Lipinski definition) is 5. The van der Waals surface area contributed by atoms with Gasteiger partial charge in [0.25, 0.3) is 5.91 Å². The normalized spacial score (nSPS) is 21.6. The number of rotatable bonds is 7. The lowest BCUT2D eigenvalue weighted by molar-refractivity contribution is 0.0351. The van der Waals surface area contributed by atoms with E-state index >= 15 is 0 Å².